The van der Waals surface area contributed by atoms with Crippen LogP contribution in [0.25, 0.3) is 0 Å². The number of benzene rings is 2. The molecule has 2 aromatic rings. The highest BCUT2D eigenvalue weighted by atomic mass is 35.5. The molecular formula is C16H15ClF3NO3S. The van der Waals surface area contributed by atoms with E-state index in [0.717, 1.165) is 16.4 Å². The van der Waals surface area contributed by atoms with Crippen molar-refractivity contribution < 1.29 is 26.7 Å². The number of sulfonamides is 1. The first kappa shape index (κ1) is 19.6. The van der Waals surface area contributed by atoms with Crippen molar-refractivity contribution in [3.63, 3.8) is 0 Å². The maximum Gasteiger partial charge on any atom is 0.421 e. The van der Waals surface area contributed by atoms with Crippen LogP contribution in [0.2, 0.25) is 5.02 Å². The van der Waals surface area contributed by atoms with E-state index < -0.39 is 27.4 Å². The second kappa shape index (κ2) is 6.51. The number of hydrogen-bond donors (Lipinski definition) is 1. The van der Waals surface area contributed by atoms with Gasteiger partial charge in [0.15, 0.2) is 5.60 Å². The number of aliphatic hydroxyl groups is 1. The van der Waals surface area contributed by atoms with Gasteiger partial charge >= 0.3 is 6.18 Å². The number of rotatable bonds is 4. The minimum Gasteiger partial charge on any atom is -0.376 e. The molecule has 9 heteroatoms. The second-order valence-electron chi connectivity index (χ2n) is 5.52. The number of halogens is 4. The third-order valence-corrected chi connectivity index (χ3v) is 6.11. The summed E-state index contributed by atoms with van der Waals surface area (Å²) in [4.78, 5) is -0.120. The summed E-state index contributed by atoms with van der Waals surface area (Å²) in [5, 5.41) is 9.69. The molecule has 1 atom stereocenters. The summed E-state index contributed by atoms with van der Waals surface area (Å²) in [6.07, 6.45) is -4.86. The summed E-state index contributed by atoms with van der Waals surface area (Å²) in [5.41, 5.74) is -3.31. The lowest BCUT2D eigenvalue weighted by molar-refractivity contribution is -0.258. The van der Waals surface area contributed by atoms with Crippen molar-refractivity contribution in [3.05, 3.63) is 59.1 Å². The van der Waals surface area contributed by atoms with Crippen LogP contribution in [0, 0.1) is 0 Å². The molecule has 0 bridgehead atoms. The molecule has 4 nitrogen and oxygen atoms in total. The van der Waals surface area contributed by atoms with Gasteiger partial charge in [0.05, 0.1) is 10.7 Å². The van der Waals surface area contributed by atoms with Gasteiger partial charge in [0, 0.05) is 7.05 Å². The first-order valence-corrected chi connectivity index (χ1v) is 8.84. The first-order valence-electron chi connectivity index (χ1n) is 7.02. The van der Waals surface area contributed by atoms with Crippen molar-refractivity contribution in [2.45, 2.75) is 23.6 Å². The van der Waals surface area contributed by atoms with E-state index in [0.29, 0.717) is 6.92 Å². The summed E-state index contributed by atoms with van der Waals surface area (Å²) < 4.78 is 64.7. The molecule has 1 N–H and O–H groups in total. The number of alkyl halides is 3. The Hall–Kier alpha value is -1.77. The lowest BCUT2D eigenvalue weighted by Gasteiger charge is -2.27. The molecule has 0 spiro atoms. The Balaban J connectivity index is 2.39. The van der Waals surface area contributed by atoms with Crippen LogP contribution in [0.5, 0.6) is 0 Å². The van der Waals surface area contributed by atoms with Gasteiger partial charge in [-0.1, -0.05) is 35.9 Å². The van der Waals surface area contributed by atoms with Crippen LogP contribution in [-0.4, -0.2) is 26.7 Å². The monoisotopic (exact) mass is 393 g/mol. The molecule has 0 fully saturated rings. The van der Waals surface area contributed by atoms with Gasteiger partial charge in [-0.2, -0.15) is 13.2 Å². The van der Waals surface area contributed by atoms with Gasteiger partial charge in [-0.05, 0) is 36.8 Å². The highest BCUT2D eigenvalue weighted by Crippen LogP contribution is 2.39. The molecule has 0 saturated carbocycles. The lowest BCUT2D eigenvalue weighted by Crippen LogP contribution is -2.39. The predicted molar refractivity (Wildman–Crippen MR) is 89.1 cm³/mol. The van der Waals surface area contributed by atoms with Gasteiger partial charge in [0.25, 0.3) is 10.0 Å². The summed E-state index contributed by atoms with van der Waals surface area (Å²) in [6.45, 7) is 0.631. The molecule has 0 aliphatic carbocycles. The zero-order valence-electron chi connectivity index (χ0n) is 13.2. The zero-order valence-corrected chi connectivity index (χ0v) is 14.8. The molecule has 2 aromatic carbocycles. The fraction of sp³-hybridized carbons (Fsp3) is 0.250. The number of hydrogen-bond acceptors (Lipinski definition) is 3. The molecule has 0 aliphatic heterocycles. The average Bonchev–Trinajstić information content (AvgIpc) is 2.53. The predicted octanol–water partition coefficient (Wildman–Crippen LogP) is 3.93. The molecule has 2 rings (SSSR count). The zero-order chi connectivity index (χ0) is 19.0. The van der Waals surface area contributed by atoms with Crippen LogP contribution in [0.15, 0.2) is 53.4 Å². The molecule has 0 heterocycles. The Morgan fingerprint density at radius 3 is 2.04 bits per heavy atom. The SMILES string of the molecule is CN(c1ccc(C(C)(O)C(F)(F)F)cc1)S(=O)(=O)c1ccccc1Cl. The maximum atomic E-state index is 12.9. The van der Waals surface area contributed by atoms with Gasteiger partial charge in [-0.25, -0.2) is 8.42 Å². The maximum absolute atomic E-state index is 12.9. The highest BCUT2D eigenvalue weighted by Gasteiger charge is 2.51. The van der Waals surface area contributed by atoms with E-state index in [-0.39, 0.29) is 15.6 Å². The fourth-order valence-electron chi connectivity index (χ4n) is 2.10. The van der Waals surface area contributed by atoms with E-state index in [4.69, 9.17) is 11.6 Å². The van der Waals surface area contributed by atoms with Crippen LogP contribution >= 0.6 is 11.6 Å². The van der Waals surface area contributed by atoms with Gasteiger partial charge in [0.1, 0.15) is 4.90 Å². The molecule has 0 aliphatic rings. The summed E-state index contributed by atoms with van der Waals surface area (Å²) in [6, 6.07) is 10.3. The van der Waals surface area contributed by atoms with Crippen molar-refractivity contribution >= 4 is 27.3 Å². The van der Waals surface area contributed by atoms with Crippen molar-refractivity contribution in [1.29, 1.82) is 0 Å². The van der Waals surface area contributed by atoms with Gasteiger partial charge < -0.3 is 5.11 Å². The van der Waals surface area contributed by atoms with Crippen LogP contribution in [0.3, 0.4) is 0 Å². The molecule has 0 aromatic heterocycles. The minimum absolute atomic E-state index is 0.0333. The Labute approximate surface area is 148 Å². The highest BCUT2D eigenvalue weighted by molar-refractivity contribution is 7.93. The third kappa shape index (κ3) is 3.61. The standard InChI is InChI=1S/C16H15ClF3NO3S/c1-15(22,16(18,19)20)11-7-9-12(10-8-11)21(2)25(23,24)14-6-4-3-5-13(14)17/h3-10,22H,1-2H3. The smallest absolute Gasteiger partial charge is 0.376 e. The van der Waals surface area contributed by atoms with Crippen LogP contribution in [-0.2, 0) is 15.6 Å². The quantitative estimate of drug-likeness (QED) is 0.856. The normalized spacial score (nSPS) is 14.8. The first-order chi connectivity index (χ1) is 11.4. The lowest BCUT2D eigenvalue weighted by atomic mass is 9.95. The van der Waals surface area contributed by atoms with Gasteiger partial charge in [-0.15, -0.1) is 0 Å². The van der Waals surface area contributed by atoms with Gasteiger partial charge in [0.2, 0.25) is 0 Å². The largest absolute Gasteiger partial charge is 0.421 e. The van der Waals surface area contributed by atoms with Crippen molar-refractivity contribution in [1.82, 2.24) is 0 Å². The molecule has 136 valence electrons. The van der Waals surface area contributed by atoms with E-state index in [2.05, 4.69) is 0 Å². The molecule has 0 radical (unpaired) electrons. The van der Waals surface area contributed by atoms with Crippen molar-refractivity contribution in [3.8, 4) is 0 Å². The topological polar surface area (TPSA) is 57.6 Å². The molecule has 25 heavy (non-hydrogen) atoms. The Morgan fingerprint density at radius 2 is 1.56 bits per heavy atom. The van der Waals surface area contributed by atoms with E-state index in [1.165, 1.54) is 37.4 Å². The number of nitrogens with zero attached hydrogens (tertiary/aromatic N) is 1. The molecule has 0 saturated heterocycles. The van der Waals surface area contributed by atoms with E-state index in [9.17, 15) is 26.7 Å². The average molecular weight is 394 g/mol. The van der Waals surface area contributed by atoms with Gasteiger partial charge in [-0.3, -0.25) is 4.31 Å². The van der Waals surface area contributed by atoms with Crippen LogP contribution in [0.4, 0.5) is 18.9 Å². The summed E-state index contributed by atoms with van der Waals surface area (Å²) in [5.74, 6) is 0. The molecular weight excluding hydrogens is 379 g/mol. The van der Waals surface area contributed by atoms with E-state index in [1.807, 2.05) is 0 Å². The second-order valence-corrected chi connectivity index (χ2v) is 7.86. The fourth-order valence-corrected chi connectivity index (χ4v) is 3.79. The number of anilines is 1. The van der Waals surface area contributed by atoms with Crippen LogP contribution in [0.1, 0.15) is 12.5 Å². The van der Waals surface area contributed by atoms with E-state index >= 15 is 0 Å². The van der Waals surface area contributed by atoms with Crippen LogP contribution < -0.4 is 4.31 Å². The Morgan fingerprint density at radius 1 is 1.04 bits per heavy atom. The minimum atomic E-state index is -4.86. The third-order valence-electron chi connectivity index (χ3n) is 3.82. The Kier molecular flexibility index (Phi) is 5.09. The summed E-state index contributed by atoms with van der Waals surface area (Å²) >= 11 is 5.91. The van der Waals surface area contributed by atoms with Crippen molar-refractivity contribution in [2.24, 2.45) is 0 Å². The molecule has 1 unspecified atom stereocenters. The Bertz CT molecular complexity index is 865. The summed E-state index contributed by atoms with van der Waals surface area (Å²) in [7, 11) is -2.72. The van der Waals surface area contributed by atoms with Crippen molar-refractivity contribution in [2.75, 3.05) is 11.4 Å². The molecule has 0 amide bonds. The van der Waals surface area contributed by atoms with E-state index in [1.54, 1.807) is 6.07 Å².